The van der Waals surface area contributed by atoms with Gasteiger partial charge in [-0.05, 0) is 67.1 Å². The van der Waals surface area contributed by atoms with E-state index in [0.29, 0.717) is 5.92 Å². The monoisotopic (exact) mass is 333 g/mol. The lowest BCUT2D eigenvalue weighted by Crippen LogP contribution is -2.13. The number of nitrogens with one attached hydrogen (secondary N) is 1. The molecular weight excluding hydrogens is 317 g/mol. The SMILES string of the molecule is Cc1cc(Br)ccc1NC(c1ccc(F)cc1)C1CC1. The standard InChI is InChI=1S/C17H17BrFN/c1-11-10-14(18)6-9-16(11)20-17(12-2-3-12)13-4-7-15(19)8-5-13/h4-10,12,17,20H,2-3H2,1H3. The summed E-state index contributed by atoms with van der Waals surface area (Å²) in [7, 11) is 0. The average Bonchev–Trinajstić information content (AvgIpc) is 3.24. The van der Waals surface area contributed by atoms with E-state index < -0.39 is 0 Å². The third-order valence-corrected chi connectivity index (χ3v) is 4.32. The summed E-state index contributed by atoms with van der Waals surface area (Å²) in [6.07, 6.45) is 2.48. The summed E-state index contributed by atoms with van der Waals surface area (Å²) in [5.74, 6) is 0.478. The summed E-state index contributed by atoms with van der Waals surface area (Å²) in [6, 6.07) is 13.4. The lowest BCUT2D eigenvalue weighted by molar-refractivity contribution is 0.622. The van der Waals surface area contributed by atoms with Gasteiger partial charge in [-0.25, -0.2) is 4.39 Å². The van der Waals surface area contributed by atoms with E-state index in [-0.39, 0.29) is 11.9 Å². The van der Waals surface area contributed by atoms with E-state index in [1.54, 1.807) is 12.1 Å². The maximum Gasteiger partial charge on any atom is 0.123 e. The molecule has 0 heterocycles. The predicted octanol–water partition coefficient (Wildman–Crippen LogP) is 5.46. The number of benzene rings is 2. The van der Waals surface area contributed by atoms with Gasteiger partial charge in [0.05, 0.1) is 6.04 Å². The number of hydrogen-bond donors (Lipinski definition) is 1. The van der Waals surface area contributed by atoms with Crippen LogP contribution < -0.4 is 5.32 Å². The molecule has 1 aliphatic rings. The molecule has 0 spiro atoms. The quantitative estimate of drug-likeness (QED) is 0.783. The highest BCUT2D eigenvalue weighted by Gasteiger charge is 2.32. The molecule has 2 aromatic carbocycles. The molecule has 1 atom stereocenters. The van der Waals surface area contributed by atoms with Crippen LogP contribution in [0.25, 0.3) is 0 Å². The van der Waals surface area contributed by atoms with Gasteiger partial charge in [0.25, 0.3) is 0 Å². The van der Waals surface area contributed by atoms with E-state index >= 15 is 0 Å². The van der Waals surface area contributed by atoms with Gasteiger partial charge in [-0.2, -0.15) is 0 Å². The fraction of sp³-hybridized carbons (Fsp3) is 0.294. The first-order valence-electron chi connectivity index (χ1n) is 6.91. The van der Waals surface area contributed by atoms with Crippen molar-refractivity contribution < 1.29 is 4.39 Å². The molecule has 1 unspecified atom stereocenters. The zero-order valence-electron chi connectivity index (χ0n) is 11.4. The first-order chi connectivity index (χ1) is 9.63. The molecule has 1 nitrogen and oxygen atoms in total. The highest BCUT2D eigenvalue weighted by atomic mass is 79.9. The number of aryl methyl sites for hydroxylation is 1. The molecule has 0 bridgehead atoms. The van der Waals surface area contributed by atoms with Crippen molar-refractivity contribution in [2.75, 3.05) is 5.32 Å². The fourth-order valence-electron chi connectivity index (χ4n) is 2.53. The Kier molecular flexibility index (Phi) is 3.79. The van der Waals surface area contributed by atoms with Gasteiger partial charge in [0, 0.05) is 10.2 Å². The molecule has 1 N–H and O–H groups in total. The molecule has 0 aromatic heterocycles. The first kappa shape index (κ1) is 13.6. The van der Waals surface area contributed by atoms with Crippen molar-refractivity contribution in [2.45, 2.75) is 25.8 Å². The minimum absolute atomic E-state index is 0.178. The lowest BCUT2D eigenvalue weighted by atomic mass is 10.0. The third-order valence-electron chi connectivity index (χ3n) is 3.82. The summed E-state index contributed by atoms with van der Waals surface area (Å²) in [4.78, 5) is 0. The van der Waals surface area contributed by atoms with E-state index in [0.717, 1.165) is 15.7 Å². The second-order valence-corrected chi connectivity index (χ2v) is 6.39. The van der Waals surface area contributed by atoms with Gasteiger partial charge in [0.15, 0.2) is 0 Å². The van der Waals surface area contributed by atoms with Crippen molar-refractivity contribution >= 4 is 21.6 Å². The molecule has 3 heteroatoms. The van der Waals surface area contributed by atoms with E-state index in [4.69, 9.17) is 0 Å². The Morgan fingerprint density at radius 1 is 1.15 bits per heavy atom. The Morgan fingerprint density at radius 2 is 1.85 bits per heavy atom. The molecule has 0 saturated heterocycles. The Morgan fingerprint density at radius 3 is 2.45 bits per heavy atom. The van der Waals surface area contributed by atoms with Crippen LogP contribution in [-0.4, -0.2) is 0 Å². The van der Waals surface area contributed by atoms with Gasteiger partial charge in [-0.15, -0.1) is 0 Å². The second-order valence-electron chi connectivity index (χ2n) is 5.47. The number of rotatable bonds is 4. The van der Waals surface area contributed by atoms with Crippen molar-refractivity contribution in [1.29, 1.82) is 0 Å². The van der Waals surface area contributed by atoms with Crippen LogP contribution in [0.2, 0.25) is 0 Å². The van der Waals surface area contributed by atoms with Crippen molar-refractivity contribution in [2.24, 2.45) is 5.92 Å². The van der Waals surface area contributed by atoms with Gasteiger partial charge in [0.1, 0.15) is 5.82 Å². The van der Waals surface area contributed by atoms with Crippen LogP contribution >= 0.6 is 15.9 Å². The Balaban J connectivity index is 1.86. The predicted molar refractivity (Wildman–Crippen MR) is 84.4 cm³/mol. The van der Waals surface area contributed by atoms with Crippen LogP contribution in [0.5, 0.6) is 0 Å². The third kappa shape index (κ3) is 3.04. The Labute approximate surface area is 127 Å². The molecule has 0 radical (unpaired) electrons. The van der Waals surface area contributed by atoms with Crippen molar-refractivity contribution in [3.8, 4) is 0 Å². The maximum absolute atomic E-state index is 13.1. The highest BCUT2D eigenvalue weighted by Crippen LogP contribution is 2.43. The van der Waals surface area contributed by atoms with E-state index in [1.165, 1.54) is 18.4 Å². The van der Waals surface area contributed by atoms with E-state index in [2.05, 4.69) is 40.3 Å². The van der Waals surface area contributed by atoms with Crippen LogP contribution in [0.4, 0.5) is 10.1 Å². The topological polar surface area (TPSA) is 12.0 Å². The summed E-state index contributed by atoms with van der Waals surface area (Å²) in [5.41, 5.74) is 3.53. The summed E-state index contributed by atoms with van der Waals surface area (Å²) in [6.45, 7) is 2.10. The zero-order valence-corrected chi connectivity index (χ0v) is 13.0. The van der Waals surface area contributed by atoms with Gasteiger partial charge in [0.2, 0.25) is 0 Å². The number of hydrogen-bond acceptors (Lipinski definition) is 1. The first-order valence-corrected chi connectivity index (χ1v) is 7.71. The molecular formula is C17H17BrFN. The maximum atomic E-state index is 13.1. The van der Waals surface area contributed by atoms with Crippen molar-refractivity contribution in [3.05, 3.63) is 63.9 Å². The normalized spacial score (nSPS) is 15.9. The zero-order chi connectivity index (χ0) is 14.1. The molecule has 104 valence electrons. The largest absolute Gasteiger partial charge is 0.378 e. The molecule has 0 aliphatic heterocycles. The molecule has 0 amide bonds. The van der Waals surface area contributed by atoms with Crippen molar-refractivity contribution in [1.82, 2.24) is 0 Å². The van der Waals surface area contributed by atoms with Gasteiger partial charge in [-0.3, -0.25) is 0 Å². The minimum atomic E-state index is -0.178. The van der Waals surface area contributed by atoms with E-state index in [1.807, 2.05) is 18.2 Å². The van der Waals surface area contributed by atoms with Crippen molar-refractivity contribution in [3.63, 3.8) is 0 Å². The van der Waals surface area contributed by atoms with Gasteiger partial charge >= 0.3 is 0 Å². The van der Waals surface area contributed by atoms with Crippen LogP contribution in [0.15, 0.2) is 46.9 Å². The van der Waals surface area contributed by atoms with Gasteiger partial charge in [-0.1, -0.05) is 28.1 Å². The molecule has 1 saturated carbocycles. The van der Waals surface area contributed by atoms with Crippen LogP contribution in [0.1, 0.15) is 30.0 Å². The van der Waals surface area contributed by atoms with E-state index in [9.17, 15) is 4.39 Å². The minimum Gasteiger partial charge on any atom is -0.378 e. The second kappa shape index (κ2) is 5.57. The number of halogens is 2. The smallest absolute Gasteiger partial charge is 0.123 e. The van der Waals surface area contributed by atoms with Gasteiger partial charge < -0.3 is 5.32 Å². The molecule has 20 heavy (non-hydrogen) atoms. The van der Waals surface area contributed by atoms with Crippen LogP contribution in [0, 0.1) is 18.7 Å². The fourth-order valence-corrected chi connectivity index (χ4v) is 3.01. The van der Waals surface area contributed by atoms with Crippen LogP contribution in [0.3, 0.4) is 0 Å². The average molecular weight is 334 g/mol. The van der Waals surface area contributed by atoms with Crippen LogP contribution in [-0.2, 0) is 0 Å². The molecule has 1 fully saturated rings. The summed E-state index contributed by atoms with van der Waals surface area (Å²) < 4.78 is 14.2. The number of anilines is 1. The highest BCUT2D eigenvalue weighted by molar-refractivity contribution is 9.10. The summed E-state index contributed by atoms with van der Waals surface area (Å²) >= 11 is 3.49. The summed E-state index contributed by atoms with van der Waals surface area (Å²) in [5, 5.41) is 3.63. The Hall–Kier alpha value is -1.35. The molecule has 1 aliphatic carbocycles. The Bertz CT molecular complexity index is 605. The molecule has 3 rings (SSSR count). The lowest BCUT2D eigenvalue weighted by Gasteiger charge is -2.21. The molecule has 2 aromatic rings.